The number of fused-ring (bicyclic) bond motifs is 1. The summed E-state index contributed by atoms with van der Waals surface area (Å²) >= 11 is 0. The molecule has 0 aliphatic heterocycles. The number of esters is 1. The van der Waals surface area contributed by atoms with E-state index in [1.54, 1.807) is 49.4 Å². The molecule has 0 aliphatic carbocycles. The van der Waals surface area contributed by atoms with Crippen LogP contribution in [0.1, 0.15) is 29.9 Å². The van der Waals surface area contributed by atoms with Crippen LogP contribution in [-0.4, -0.2) is 27.8 Å². The largest absolute Gasteiger partial charge is 0.448 e. The fourth-order valence-corrected chi connectivity index (χ4v) is 2.78. The maximum absolute atomic E-state index is 12.7. The average Bonchev–Trinajstić information content (AvgIpc) is 2.74. The first-order valence-electron chi connectivity index (χ1n) is 8.96. The van der Waals surface area contributed by atoms with Crippen LogP contribution < -0.4 is 10.9 Å². The Morgan fingerprint density at radius 1 is 1.21 bits per heavy atom. The van der Waals surface area contributed by atoms with Gasteiger partial charge in [-0.05, 0) is 38.1 Å². The summed E-state index contributed by atoms with van der Waals surface area (Å²) in [6.45, 7) is 3.46. The van der Waals surface area contributed by atoms with Crippen LogP contribution in [-0.2, 0) is 16.1 Å². The predicted molar refractivity (Wildman–Crippen MR) is 106 cm³/mol. The Morgan fingerprint density at radius 2 is 1.93 bits per heavy atom. The second kappa shape index (κ2) is 8.35. The molecule has 1 amide bonds. The summed E-state index contributed by atoms with van der Waals surface area (Å²) in [5, 5.41) is 16.3. The number of carbonyl (C=O) groups is 2. The highest BCUT2D eigenvalue weighted by Gasteiger charge is 2.23. The van der Waals surface area contributed by atoms with Gasteiger partial charge in [0.25, 0.3) is 11.5 Å². The van der Waals surface area contributed by atoms with Gasteiger partial charge in [0, 0.05) is 17.6 Å². The van der Waals surface area contributed by atoms with Crippen LogP contribution in [0.25, 0.3) is 10.8 Å². The molecular weight excluding hydrogens is 372 g/mol. The van der Waals surface area contributed by atoms with E-state index >= 15 is 0 Å². The molecule has 3 aromatic rings. The van der Waals surface area contributed by atoms with Crippen molar-refractivity contribution in [2.75, 3.05) is 5.32 Å². The summed E-state index contributed by atoms with van der Waals surface area (Å²) in [5.41, 5.74) is 0.473. The quantitative estimate of drug-likeness (QED) is 0.670. The third kappa shape index (κ3) is 4.14. The zero-order valence-corrected chi connectivity index (χ0v) is 15.9. The van der Waals surface area contributed by atoms with Gasteiger partial charge in [-0.2, -0.15) is 10.4 Å². The average molecular weight is 390 g/mol. The molecule has 3 rings (SSSR count). The summed E-state index contributed by atoms with van der Waals surface area (Å²) < 4.78 is 6.46. The summed E-state index contributed by atoms with van der Waals surface area (Å²) in [6, 6.07) is 15.0. The van der Waals surface area contributed by atoms with Crippen LogP contribution >= 0.6 is 0 Å². The first-order chi connectivity index (χ1) is 13.9. The third-order valence-electron chi connectivity index (χ3n) is 4.27. The normalized spacial score (nSPS) is 11.5. The molecule has 146 valence electrons. The highest BCUT2D eigenvalue weighted by atomic mass is 16.5. The Balaban J connectivity index is 1.82. The topological polar surface area (TPSA) is 114 Å². The number of hydrogen-bond donors (Lipinski definition) is 1. The van der Waals surface area contributed by atoms with E-state index in [-0.39, 0.29) is 17.8 Å². The number of anilines is 1. The van der Waals surface area contributed by atoms with Gasteiger partial charge in [-0.15, -0.1) is 0 Å². The van der Waals surface area contributed by atoms with Gasteiger partial charge >= 0.3 is 5.97 Å². The lowest BCUT2D eigenvalue weighted by atomic mass is 10.1. The van der Waals surface area contributed by atoms with Crippen molar-refractivity contribution in [2.45, 2.75) is 26.5 Å². The molecule has 0 unspecified atom stereocenters. The Kier molecular flexibility index (Phi) is 5.69. The lowest BCUT2D eigenvalue weighted by Gasteiger charge is -2.15. The number of aryl methyl sites for hydroxylation is 1. The van der Waals surface area contributed by atoms with Crippen LogP contribution in [0.15, 0.2) is 53.3 Å². The second-order valence-corrected chi connectivity index (χ2v) is 6.24. The number of aromatic nitrogens is 2. The minimum atomic E-state index is -1.11. The minimum Gasteiger partial charge on any atom is -0.448 e. The predicted octanol–water partition coefficient (Wildman–Crippen LogP) is 2.47. The standard InChI is InChI=1S/C21H18N4O4/c1-3-25-20(27)17-10-5-4-9-16(17)18(24-25)21(28)29-13(2)19(26)23-15-8-6-7-14(11-15)12-22/h4-11,13H,3H2,1-2H3,(H,23,26)/t13-/m0/s1. The van der Waals surface area contributed by atoms with Crippen LogP contribution in [0.2, 0.25) is 0 Å². The molecule has 0 saturated heterocycles. The van der Waals surface area contributed by atoms with Crippen molar-refractivity contribution in [3.8, 4) is 6.07 Å². The van der Waals surface area contributed by atoms with E-state index < -0.39 is 18.0 Å². The fraction of sp³-hybridized carbons (Fsp3) is 0.190. The number of benzene rings is 2. The number of amides is 1. The van der Waals surface area contributed by atoms with Gasteiger partial charge in [-0.25, -0.2) is 9.48 Å². The Hall–Kier alpha value is -3.99. The Bertz CT molecular complexity index is 1190. The molecule has 8 heteroatoms. The molecule has 1 atom stereocenters. The smallest absolute Gasteiger partial charge is 0.360 e. The molecule has 0 fully saturated rings. The SMILES string of the molecule is CCn1nc(C(=O)O[C@@H](C)C(=O)Nc2cccc(C#N)c2)c2ccccc2c1=O. The van der Waals surface area contributed by atoms with Gasteiger partial charge in [0.1, 0.15) is 0 Å². The zero-order valence-electron chi connectivity index (χ0n) is 15.9. The van der Waals surface area contributed by atoms with Crippen molar-refractivity contribution in [1.29, 1.82) is 5.26 Å². The summed E-state index contributed by atoms with van der Waals surface area (Å²) in [7, 11) is 0. The molecular formula is C21H18N4O4. The van der Waals surface area contributed by atoms with Crippen molar-refractivity contribution in [3.63, 3.8) is 0 Å². The molecule has 1 heterocycles. The number of nitrogens with one attached hydrogen (secondary N) is 1. The van der Waals surface area contributed by atoms with Crippen molar-refractivity contribution in [3.05, 3.63) is 70.1 Å². The van der Waals surface area contributed by atoms with Crippen molar-refractivity contribution < 1.29 is 14.3 Å². The zero-order chi connectivity index (χ0) is 21.0. The Labute approximate surface area is 166 Å². The lowest BCUT2D eigenvalue weighted by molar-refractivity contribution is -0.123. The second-order valence-electron chi connectivity index (χ2n) is 6.24. The van der Waals surface area contributed by atoms with Crippen LogP contribution in [0, 0.1) is 11.3 Å². The van der Waals surface area contributed by atoms with E-state index in [4.69, 9.17) is 10.00 Å². The number of hydrogen-bond acceptors (Lipinski definition) is 6. The lowest BCUT2D eigenvalue weighted by Crippen LogP contribution is -2.32. The van der Waals surface area contributed by atoms with Gasteiger partial charge < -0.3 is 10.1 Å². The van der Waals surface area contributed by atoms with Gasteiger partial charge in [0.15, 0.2) is 11.8 Å². The van der Waals surface area contributed by atoms with E-state index in [0.717, 1.165) is 0 Å². The van der Waals surface area contributed by atoms with E-state index in [9.17, 15) is 14.4 Å². The highest BCUT2D eigenvalue weighted by Crippen LogP contribution is 2.16. The number of ether oxygens (including phenoxy) is 1. The monoisotopic (exact) mass is 390 g/mol. The third-order valence-corrected chi connectivity index (χ3v) is 4.27. The van der Waals surface area contributed by atoms with Gasteiger partial charge in [0.2, 0.25) is 0 Å². The summed E-state index contributed by atoms with van der Waals surface area (Å²) in [4.78, 5) is 37.4. The summed E-state index contributed by atoms with van der Waals surface area (Å²) in [6.07, 6.45) is -1.11. The molecule has 0 spiro atoms. The van der Waals surface area contributed by atoms with Gasteiger partial charge in [-0.1, -0.05) is 24.3 Å². The van der Waals surface area contributed by atoms with Crippen molar-refractivity contribution in [1.82, 2.24) is 9.78 Å². The minimum absolute atomic E-state index is 0.0341. The molecule has 29 heavy (non-hydrogen) atoms. The molecule has 8 nitrogen and oxygen atoms in total. The first kappa shape index (κ1) is 19.8. The molecule has 1 N–H and O–H groups in total. The maximum Gasteiger partial charge on any atom is 0.360 e. The number of nitriles is 1. The van der Waals surface area contributed by atoms with Crippen LogP contribution in [0.3, 0.4) is 0 Å². The number of rotatable bonds is 5. The fourth-order valence-electron chi connectivity index (χ4n) is 2.78. The van der Waals surface area contributed by atoms with Crippen LogP contribution in [0.4, 0.5) is 5.69 Å². The van der Waals surface area contributed by atoms with Gasteiger partial charge in [0.05, 0.1) is 17.0 Å². The molecule has 0 aliphatic rings. The van der Waals surface area contributed by atoms with E-state index in [1.165, 1.54) is 17.7 Å². The molecule has 0 radical (unpaired) electrons. The highest BCUT2D eigenvalue weighted by molar-refractivity contribution is 6.03. The van der Waals surface area contributed by atoms with Crippen LogP contribution in [0.5, 0.6) is 0 Å². The molecule has 0 saturated carbocycles. The van der Waals surface area contributed by atoms with Gasteiger partial charge in [-0.3, -0.25) is 9.59 Å². The number of carbonyl (C=O) groups excluding carboxylic acids is 2. The van der Waals surface area contributed by atoms with E-state index in [2.05, 4.69) is 10.4 Å². The maximum atomic E-state index is 12.7. The summed E-state index contributed by atoms with van der Waals surface area (Å²) in [5.74, 6) is -1.36. The van der Waals surface area contributed by atoms with E-state index in [1.807, 2.05) is 6.07 Å². The first-order valence-corrected chi connectivity index (χ1v) is 8.96. The van der Waals surface area contributed by atoms with E-state index in [0.29, 0.717) is 22.0 Å². The number of nitrogens with zero attached hydrogens (tertiary/aromatic N) is 3. The van der Waals surface area contributed by atoms with Crippen molar-refractivity contribution in [2.24, 2.45) is 0 Å². The molecule has 0 bridgehead atoms. The van der Waals surface area contributed by atoms with Crippen molar-refractivity contribution >= 4 is 28.3 Å². The Morgan fingerprint density at radius 3 is 2.62 bits per heavy atom. The molecule has 1 aromatic heterocycles. The molecule has 2 aromatic carbocycles.